The number of nitrogens with zero attached hydrogens (tertiary/aromatic N) is 1. The van der Waals surface area contributed by atoms with E-state index in [1.807, 2.05) is 24.1 Å². The maximum atomic E-state index is 13.6. The Morgan fingerprint density at radius 1 is 0.722 bits per heavy atom. The summed E-state index contributed by atoms with van der Waals surface area (Å²) in [5, 5.41) is 0.634. The average Bonchev–Trinajstić information content (AvgIpc) is 2.90. The van der Waals surface area contributed by atoms with Crippen LogP contribution in [0.4, 0.5) is 20.2 Å². The number of anilines is 2. The fourth-order valence-electron chi connectivity index (χ4n) is 3.52. The van der Waals surface area contributed by atoms with Crippen LogP contribution < -0.4 is 9.64 Å². The second-order valence-electron chi connectivity index (χ2n) is 7.83. The monoisotopic (exact) mass is 507 g/mol. The van der Waals surface area contributed by atoms with Crippen molar-refractivity contribution >= 4 is 34.7 Å². The van der Waals surface area contributed by atoms with Gasteiger partial charge in [0.1, 0.15) is 11.5 Å². The van der Waals surface area contributed by atoms with Gasteiger partial charge in [0.2, 0.25) is 0 Å². The summed E-state index contributed by atoms with van der Waals surface area (Å²) in [5.74, 6) is -3.06. The zero-order chi connectivity index (χ0) is 25.8. The molecular formula is C28H20ClF2NO4. The molecule has 0 amide bonds. The largest absolute Gasteiger partial charge is 0.465 e. The summed E-state index contributed by atoms with van der Waals surface area (Å²) < 4.78 is 37.2. The minimum absolute atomic E-state index is 0.00362. The molecule has 0 spiro atoms. The highest BCUT2D eigenvalue weighted by atomic mass is 35.5. The molecule has 0 unspecified atom stereocenters. The molecule has 0 saturated heterocycles. The van der Waals surface area contributed by atoms with Gasteiger partial charge in [0, 0.05) is 40.6 Å². The van der Waals surface area contributed by atoms with E-state index in [2.05, 4.69) is 0 Å². The Labute approximate surface area is 211 Å². The van der Waals surface area contributed by atoms with E-state index in [1.165, 1.54) is 31.4 Å². The fourth-order valence-corrected chi connectivity index (χ4v) is 3.64. The molecule has 0 radical (unpaired) electrons. The Morgan fingerprint density at radius 2 is 1.33 bits per heavy atom. The van der Waals surface area contributed by atoms with Crippen LogP contribution in [0.15, 0.2) is 84.9 Å². The van der Waals surface area contributed by atoms with Gasteiger partial charge >= 0.3 is 5.97 Å². The first-order chi connectivity index (χ1) is 17.2. The summed E-state index contributed by atoms with van der Waals surface area (Å²) in [6, 6.07) is 21.5. The van der Waals surface area contributed by atoms with Crippen LogP contribution in [0.5, 0.6) is 11.5 Å². The van der Waals surface area contributed by atoms with Crippen molar-refractivity contribution in [2.75, 3.05) is 19.1 Å². The van der Waals surface area contributed by atoms with Crippen LogP contribution >= 0.6 is 11.6 Å². The summed E-state index contributed by atoms with van der Waals surface area (Å²) in [6.07, 6.45) is 0. The maximum Gasteiger partial charge on any atom is 0.338 e. The minimum Gasteiger partial charge on any atom is -0.465 e. The molecule has 0 aliphatic rings. The standard InChI is InChI=1S/C28H20ClF2NO4/c1-32(22-9-5-20(29)6-10-22)21-7-3-17(4-8-21)27(33)18-13-19(28(34)35-2)15-24(14-18)36-23-11-12-25(30)26(31)16-23/h3-16H,1-2H3. The van der Waals surface area contributed by atoms with E-state index in [0.717, 1.165) is 23.5 Å². The van der Waals surface area contributed by atoms with E-state index >= 15 is 0 Å². The quantitative estimate of drug-likeness (QED) is 0.196. The lowest BCUT2D eigenvalue weighted by molar-refractivity contribution is 0.0600. The zero-order valence-corrected chi connectivity index (χ0v) is 20.1. The van der Waals surface area contributed by atoms with Gasteiger partial charge in [0.15, 0.2) is 17.4 Å². The van der Waals surface area contributed by atoms with Crippen molar-refractivity contribution in [2.24, 2.45) is 0 Å². The highest BCUT2D eigenvalue weighted by Crippen LogP contribution is 2.29. The van der Waals surface area contributed by atoms with Crippen LogP contribution in [-0.2, 0) is 4.74 Å². The van der Waals surface area contributed by atoms with E-state index in [4.69, 9.17) is 21.1 Å². The molecule has 0 aromatic heterocycles. The van der Waals surface area contributed by atoms with Gasteiger partial charge in [-0.3, -0.25) is 4.79 Å². The Kier molecular flexibility index (Phi) is 7.31. The van der Waals surface area contributed by atoms with Gasteiger partial charge in [-0.1, -0.05) is 11.6 Å². The van der Waals surface area contributed by atoms with Gasteiger partial charge in [-0.15, -0.1) is 0 Å². The number of methoxy groups -OCH3 is 1. The van der Waals surface area contributed by atoms with Crippen molar-refractivity contribution < 1.29 is 27.8 Å². The summed E-state index contributed by atoms with van der Waals surface area (Å²) in [6.45, 7) is 0. The predicted molar refractivity (Wildman–Crippen MR) is 134 cm³/mol. The third kappa shape index (κ3) is 5.53. The van der Waals surface area contributed by atoms with Crippen LogP contribution in [0, 0.1) is 11.6 Å². The first kappa shape index (κ1) is 24.9. The molecule has 0 fully saturated rings. The van der Waals surface area contributed by atoms with Crippen molar-refractivity contribution in [3.63, 3.8) is 0 Å². The second-order valence-corrected chi connectivity index (χ2v) is 8.26. The molecule has 0 N–H and O–H groups in total. The number of halogens is 3. The van der Waals surface area contributed by atoms with Crippen molar-refractivity contribution in [1.82, 2.24) is 0 Å². The highest BCUT2D eigenvalue weighted by molar-refractivity contribution is 6.30. The Morgan fingerprint density at radius 3 is 1.94 bits per heavy atom. The summed E-state index contributed by atoms with van der Waals surface area (Å²) in [4.78, 5) is 27.4. The Hall–Kier alpha value is -4.23. The van der Waals surface area contributed by atoms with Crippen molar-refractivity contribution in [3.05, 3.63) is 118 Å². The second kappa shape index (κ2) is 10.6. The average molecular weight is 508 g/mol. The number of esters is 1. The first-order valence-electron chi connectivity index (χ1n) is 10.8. The van der Waals surface area contributed by atoms with Crippen LogP contribution in [0.2, 0.25) is 5.02 Å². The number of hydrogen-bond donors (Lipinski definition) is 0. The zero-order valence-electron chi connectivity index (χ0n) is 19.3. The molecule has 0 aliphatic carbocycles. The number of benzene rings is 4. The molecule has 4 aromatic rings. The maximum absolute atomic E-state index is 13.6. The van der Waals surface area contributed by atoms with E-state index in [0.29, 0.717) is 10.6 Å². The molecule has 0 saturated carbocycles. The minimum atomic E-state index is -1.09. The lowest BCUT2D eigenvalue weighted by atomic mass is 10.0. The highest BCUT2D eigenvalue weighted by Gasteiger charge is 2.17. The van der Waals surface area contributed by atoms with Crippen LogP contribution in [0.1, 0.15) is 26.3 Å². The van der Waals surface area contributed by atoms with Crippen molar-refractivity contribution in [1.29, 1.82) is 0 Å². The number of rotatable bonds is 7. The lowest BCUT2D eigenvalue weighted by Gasteiger charge is -2.19. The number of carbonyl (C=O) groups excluding carboxylic acids is 2. The molecule has 0 atom stereocenters. The number of hydrogen-bond acceptors (Lipinski definition) is 5. The van der Waals surface area contributed by atoms with Crippen molar-refractivity contribution in [3.8, 4) is 11.5 Å². The summed E-state index contributed by atoms with van der Waals surface area (Å²) in [7, 11) is 3.10. The number of ketones is 1. The first-order valence-corrected chi connectivity index (χ1v) is 11.1. The summed E-state index contributed by atoms with van der Waals surface area (Å²) in [5.41, 5.74) is 2.38. The van der Waals surface area contributed by atoms with Gasteiger partial charge < -0.3 is 14.4 Å². The molecule has 0 aliphatic heterocycles. The van der Waals surface area contributed by atoms with Crippen molar-refractivity contribution in [2.45, 2.75) is 0 Å². The smallest absolute Gasteiger partial charge is 0.338 e. The van der Waals surface area contributed by atoms with Gasteiger partial charge in [0.05, 0.1) is 12.7 Å². The SMILES string of the molecule is COC(=O)c1cc(Oc2ccc(F)c(F)c2)cc(C(=O)c2ccc(N(C)c3ccc(Cl)cc3)cc2)c1. The van der Waals surface area contributed by atoms with E-state index in [9.17, 15) is 18.4 Å². The molecule has 36 heavy (non-hydrogen) atoms. The van der Waals surface area contributed by atoms with Crippen LogP contribution in [0.3, 0.4) is 0 Å². The molecule has 8 heteroatoms. The van der Waals surface area contributed by atoms with E-state index in [-0.39, 0.29) is 28.4 Å². The fraction of sp³-hybridized carbons (Fsp3) is 0.0714. The molecular weight excluding hydrogens is 488 g/mol. The van der Waals surface area contributed by atoms with Gasteiger partial charge in [-0.2, -0.15) is 0 Å². The van der Waals surface area contributed by atoms with E-state index < -0.39 is 17.6 Å². The molecule has 4 rings (SSSR count). The number of ether oxygens (including phenoxy) is 2. The van der Waals surface area contributed by atoms with Gasteiger partial charge in [-0.05, 0) is 78.9 Å². The molecule has 182 valence electrons. The summed E-state index contributed by atoms with van der Waals surface area (Å²) >= 11 is 5.96. The Balaban J connectivity index is 1.62. The van der Waals surface area contributed by atoms with E-state index in [1.54, 1.807) is 36.4 Å². The Bertz CT molecular complexity index is 1420. The normalized spacial score (nSPS) is 10.6. The third-order valence-corrected chi connectivity index (χ3v) is 5.70. The predicted octanol–water partition coefficient (Wildman–Crippen LogP) is 7.20. The molecule has 4 aromatic carbocycles. The number of carbonyl (C=O) groups is 2. The molecule has 5 nitrogen and oxygen atoms in total. The lowest BCUT2D eigenvalue weighted by Crippen LogP contribution is -2.10. The van der Waals surface area contributed by atoms with Crippen LogP contribution in [-0.4, -0.2) is 25.9 Å². The third-order valence-electron chi connectivity index (χ3n) is 5.45. The molecule has 0 bridgehead atoms. The topological polar surface area (TPSA) is 55.8 Å². The molecule has 0 heterocycles. The van der Waals surface area contributed by atoms with Gasteiger partial charge in [-0.25, -0.2) is 13.6 Å². The van der Waals surface area contributed by atoms with Gasteiger partial charge in [0.25, 0.3) is 0 Å². The van der Waals surface area contributed by atoms with Crippen LogP contribution in [0.25, 0.3) is 0 Å².